The van der Waals surface area contributed by atoms with E-state index in [0.717, 1.165) is 10.4 Å². The molecule has 0 radical (unpaired) electrons. The van der Waals surface area contributed by atoms with E-state index in [1.165, 1.54) is 26.2 Å². The van der Waals surface area contributed by atoms with Gasteiger partial charge in [0.2, 0.25) is 10.0 Å². The topological polar surface area (TPSA) is 54.5 Å². The minimum absolute atomic E-state index is 0.0513. The van der Waals surface area contributed by atoms with E-state index >= 15 is 0 Å². The Hall–Kier alpha value is -0.620. The van der Waals surface area contributed by atoms with Crippen LogP contribution < -0.4 is 0 Å². The predicted octanol–water partition coefficient (Wildman–Crippen LogP) is 1.97. The van der Waals surface area contributed by atoms with Crippen molar-refractivity contribution in [3.05, 3.63) is 28.8 Å². The molecule has 0 spiro atoms. The second-order valence-electron chi connectivity index (χ2n) is 3.21. The van der Waals surface area contributed by atoms with Crippen molar-refractivity contribution < 1.29 is 13.2 Å². The Morgan fingerprint density at radius 1 is 1.31 bits per heavy atom. The summed E-state index contributed by atoms with van der Waals surface area (Å²) in [4.78, 5) is 10.8. The van der Waals surface area contributed by atoms with Gasteiger partial charge in [0, 0.05) is 19.7 Å². The monoisotopic (exact) mass is 281 g/mol. The van der Waals surface area contributed by atoms with Crippen molar-refractivity contribution in [1.82, 2.24) is 4.31 Å². The van der Waals surface area contributed by atoms with Gasteiger partial charge >= 0.3 is 0 Å². The van der Waals surface area contributed by atoms with Gasteiger partial charge in [0.25, 0.3) is 5.24 Å². The SMILES string of the molecule is CN(C)S(=O)(=O)c1cc(C(=O)Cl)ccc1Cl. The minimum atomic E-state index is -3.67. The Kier molecular flexibility index (Phi) is 3.96. The summed E-state index contributed by atoms with van der Waals surface area (Å²) < 4.78 is 24.6. The van der Waals surface area contributed by atoms with Crippen molar-refractivity contribution >= 4 is 38.5 Å². The number of benzene rings is 1. The first-order chi connectivity index (χ1) is 7.26. The lowest BCUT2D eigenvalue weighted by atomic mass is 10.2. The summed E-state index contributed by atoms with van der Waals surface area (Å²) in [6, 6.07) is 3.85. The smallest absolute Gasteiger partial charge is 0.252 e. The molecule has 0 aromatic heterocycles. The van der Waals surface area contributed by atoms with E-state index in [2.05, 4.69) is 0 Å². The van der Waals surface area contributed by atoms with Crippen LogP contribution in [0.15, 0.2) is 23.1 Å². The number of carbonyl (C=O) groups excluding carboxylic acids is 1. The standard InChI is InChI=1S/C9H9Cl2NO3S/c1-12(2)16(14,15)8-5-6(9(11)13)3-4-7(8)10/h3-5H,1-2H3. The van der Waals surface area contributed by atoms with E-state index in [1.807, 2.05) is 0 Å². The van der Waals surface area contributed by atoms with E-state index < -0.39 is 15.3 Å². The molecule has 0 amide bonds. The molecule has 0 aliphatic carbocycles. The van der Waals surface area contributed by atoms with Gasteiger partial charge in [-0.2, -0.15) is 0 Å². The number of nitrogens with zero attached hydrogens (tertiary/aromatic N) is 1. The normalized spacial score (nSPS) is 11.8. The summed E-state index contributed by atoms with van der Waals surface area (Å²) in [6.45, 7) is 0. The molecule has 0 fully saturated rings. The maximum atomic E-state index is 11.8. The van der Waals surface area contributed by atoms with Crippen LogP contribution in [0.1, 0.15) is 10.4 Å². The molecule has 88 valence electrons. The average molecular weight is 282 g/mol. The van der Waals surface area contributed by atoms with Gasteiger partial charge in [-0.25, -0.2) is 12.7 Å². The molecule has 7 heteroatoms. The van der Waals surface area contributed by atoms with Crippen molar-refractivity contribution in [3.63, 3.8) is 0 Å². The number of hydrogen-bond donors (Lipinski definition) is 0. The van der Waals surface area contributed by atoms with Crippen molar-refractivity contribution in [1.29, 1.82) is 0 Å². The maximum absolute atomic E-state index is 11.8. The van der Waals surface area contributed by atoms with Gasteiger partial charge in [0.15, 0.2) is 0 Å². The van der Waals surface area contributed by atoms with Crippen molar-refractivity contribution in [2.24, 2.45) is 0 Å². The number of rotatable bonds is 3. The molecule has 0 saturated carbocycles. The molecule has 1 rings (SSSR count). The molecule has 0 aliphatic heterocycles. The average Bonchev–Trinajstić information content (AvgIpc) is 2.17. The summed E-state index contributed by atoms with van der Waals surface area (Å²) >= 11 is 11.0. The third-order valence-electron chi connectivity index (χ3n) is 1.92. The van der Waals surface area contributed by atoms with Crippen molar-refractivity contribution in [3.8, 4) is 0 Å². The van der Waals surface area contributed by atoms with E-state index in [1.54, 1.807) is 0 Å². The second kappa shape index (κ2) is 4.71. The third-order valence-corrected chi connectivity index (χ3v) is 4.43. The molecule has 1 aromatic carbocycles. The zero-order valence-corrected chi connectivity index (χ0v) is 10.9. The number of halogens is 2. The van der Waals surface area contributed by atoms with Gasteiger partial charge < -0.3 is 0 Å². The minimum Gasteiger partial charge on any atom is -0.276 e. The first kappa shape index (κ1) is 13.4. The highest BCUT2D eigenvalue weighted by Crippen LogP contribution is 2.25. The molecular formula is C9H9Cl2NO3S. The van der Waals surface area contributed by atoms with Crippen molar-refractivity contribution in [2.45, 2.75) is 4.90 Å². The van der Waals surface area contributed by atoms with Crippen LogP contribution in [-0.4, -0.2) is 32.1 Å². The lowest BCUT2D eigenvalue weighted by Crippen LogP contribution is -2.22. The van der Waals surface area contributed by atoms with Crippen LogP contribution in [0, 0.1) is 0 Å². The molecule has 1 aromatic rings. The number of sulfonamides is 1. The Labute approximate surface area is 104 Å². The Morgan fingerprint density at radius 3 is 2.31 bits per heavy atom. The summed E-state index contributed by atoms with van der Waals surface area (Å²) in [7, 11) is -0.921. The zero-order valence-electron chi connectivity index (χ0n) is 8.57. The van der Waals surface area contributed by atoms with Crippen LogP contribution in [0.4, 0.5) is 0 Å². The van der Waals surface area contributed by atoms with Crippen LogP contribution in [0.2, 0.25) is 5.02 Å². The van der Waals surface area contributed by atoms with Gasteiger partial charge in [0.1, 0.15) is 4.90 Å². The summed E-state index contributed by atoms with van der Waals surface area (Å²) in [5, 5.41) is -0.678. The fourth-order valence-electron chi connectivity index (χ4n) is 1.02. The highest BCUT2D eigenvalue weighted by Gasteiger charge is 2.21. The fourth-order valence-corrected chi connectivity index (χ4v) is 2.53. The molecule has 0 unspecified atom stereocenters. The molecule has 0 aliphatic rings. The van der Waals surface area contributed by atoms with E-state index in [4.69, 9.17) is 23.2 Å². The quantitative estimate of drug-likeness (QED) is 0.796. The zero-order chi connectivity index (χ0) is 12.5. The summed E-state index contributed by atoms with van der Waals surface area (Å²) in [5.74, 6) is 0. The summed E-state index contributed by atoms with van der Waals surface area (Å²) in [5.41, 5.74) is 0.0893. The van der Waals surface area contributed by atoms with Crippen LogP contribution in [0.3, 0.4) is 0 Å². The predicted molar refractivity (Wildman–Crippen MR) is 62.5 cm³/mol. The van der Waals surface area contributed by atoms with E-state index in [9.17, 15) is 13.2 Å². The van der Waals surface area contributed by atoms with Gasteiger partial charge in [-0.05, 0) is 29.8 Å². The molecule has 0 heterocycles. The summed E-state index contributed by atoms with van der Waals surface area (Å²) in [6.07, 6.45) is 0. The van der Waals surface area contributed by atoms with E-state index in [0.29, 0.717) is 0 Å². The Balaban J connectivity index is 3.45. The van der Waals surface area contributed by atoms with Gasteiger partial charge in [-0.3, -0.25) is 4.79 Å². The molecular weight excluding hydrogens is 273 g/mol. The number of carbonyl (C=O) groups is 1. The van der Waals surface area contributed by atoms with Crippen LogP contribution in [0.5, 0.6) is 0 Å². The first-order valence-electron chi connectivity index (χ1n) is 4.18. The Morgan fingerprint density at radius 2 is 1.88 bits per heavy atom. The lowest BCUT2D eigenvalue weighted by molar-refractivity contribution is 0.108. The largest absolute Gasteiger partial charge is 0.276 e. The van der Waals surface area contributed by atoms with Crippen LogP contribution in [0.25, 0.3) is 0 Å². The van der Waals surface area contributed by atoms with Crippen LogP contribution in [-0.2, 0) is 10.0 Å². The molecule has 0 atom stereocenters. The molecule has 0 N–H and O–H groups in total. The second-order valence-corrected chi connectivity index (χ2v) is 6.08. The third kappa shape index (κ3) is 2.55. The Bertz CT molecular complexity index is 526. The highest BCUT2D eigenvalue weighted by molar-refractivity contribution is 7.89. The van der Waals surface area contributed by atoms with Gasteiger partial charge in [0.05, 0.1) is 5.02 Å². The maximum Gasteiger partial charge on any atom is 0.252 e. The van der Waals surface area contributed by atoms with Crippen molar-refractivity contribution in [2.75, 3.05) is 14.1 Å². The molecule has 16 heavy (non-hydrogen) atoms. The number of hydrogen-bond acceptors (Lipinski definition) is 3. The first-order valence-corrected chi connectivity index (χ1v) is 6.38. The highest BCUT2D eigenvalue weighted by atomic mass is 35.5. The fraction of sp³-hybridized carbons (Fsp3) is 0.222. The lowest BCUT2D eigenvalue weighted by Gasteiger charge is -2.12. The molecule has 0 saturated heterocycles. The van der Waals surface area contributed by atoms with Gasteiger partial charge in [-0.15, -0.1) is 0 Å². The van der Waals surface area contributed by atoms with E-state index in [-0.39, 0.29) is 15.5 Å². The van der Waals surface area contributed by atoms with Gasteiger partial charge in [-0.1, -0.05) is 11.6 Å². The molecule has 4 nitrogen and oxygen atoms in total. The van der Waals surface area contributed by atoms with Crippen LogP contribution >= 0.6 is 23.2 Å². The molecule has 0 bridgehead atoms.